The number of nitrogens with two attached hydrogens (primary N) is 1. The number of ether oxygens (including phenoxy) is 2. The Morgan fingerprint density at radius 1 is 0.900 bits per heavy atom. The number of amides is 3. The molecule has 3 amide bonds. The number of benzene rings is 3. The standard InChI is InChI=1S/C45H56FN7O7/c1-44(2)42(45(3,4)43(44)60-33-12-8-30(26-47)37(25-33)59-5)50-39(55)29-6-9-31(10-7-29)52-18-16-28(17-19-52)27-51-20-22-53(23-21-51)32-11-13-34(35(46)24-32)40(56)49-36(41(57)58)14-15-38(48)54/h6-13,24-25,28,36,42-43H,14-23,27H2,1-5H3,(H2,48,54)(H,49,56)(H,50,55)(H,57,58)/t36-,42?,43?/m0/s1. The molecule has 0 radical (unpaired) electrons. The number of nitriles is 1. The van der Waals surface area contributed by atoms with Crippen molar-refractivity contribution in [3.8, 4) is 17.6 Å². The quantitative estimate of drug-likeness (QED) is 0.165. The van der Waals surface area contributed by atoms with Gasteiger partial charge in [0.15, 0.2) is 0 Å². The van der Waals surface area contributed by atoms with Crippen molar-refractivity contribution >= 4 is 35.1 Å². The summed E-state index contributed by atoms with van der Waals surface area (Å²) in [6.45, 7) is 14.3. The maximum Gasteiger partial charge on any atom is 0.326 e. The van der Waals surface area contributed by atoms with Gasteiger partial charge in [0.05, 0.1) is 18.2 Å². The summed E-state index contributed by atoms with van der Waals surface area (Å²) >= 11 is 0. The average molecular weight is 826 g/mol. The highest BCUT2D eigenvalue weighted by molar-refractivity contribution is 5.97. The summed E-state index contributed by atoms with van der Waals surface area (Å²) in [6, 6.07) is 18.0. The smallest absolute Gasteiger partial charge is 0.326 e. The molecule has 2 heterocycles. The van der Waals surface area contributed by atoms with E-state index in [1.165, 1.54) is 19.2 Å². The fraction of sp³-hybridized carbons (Fsp3) is 0.489. The number of carbonyl (C=O) groups excluding carboxylic acids is 3. The minimum Gasteiger partial charge on any atom is -0.495 e. The number of nitrogens with one attached hydrogen (secondary N) is 2. The first-order valence-electron chi connectivity index (χ1n) is 20.5. The van der Waals surface area contributed by atoms with E-state index >= 15 is 4.39 Å². The summed E-state index contributed by atoms with van der Waals surface area (Å²) in [4.78, 5) is 55.7. The van der Waals surface area contributed by atoms with Crippen LogP contribution < -0.4 is 35.6 Å². The molecule has 1 saturated carbocycles. The van der Waals surface area contributed by atoms with Gasteiger partial charge < -0.3 is 40.7 Å². The molecule has 3 aromatic rings. The van der Waals surface area contributed by atoms with Gasteiger partial charge in [0, 0.05) is 92.1 Å². The largest absolute Gasteiger partial charge is 0.495 e. The van der Waals surface area contributed by atoms with Crippen molar-refractivity contribution in [2.24, 2.45) is 22.5 Å². The second kappa shape index (κ2) is 18.2. The maximum atomic E-state index is 15.1. The molecule has 1 aliphatic carbocycles. The van der Waals surface area contributed by atoms with Crippen molar-refractivity contribution in [2.45, 2.75) is 71.6 Å². The third kappa shape index (κ3) is 9.60. The number of halogens is 1. The Morgan fingerprint density at radius 2 is 1.53 bits per heavy atom. The maximum absolute atomic E-state index is 15.1. The normalized spacial score (nSPS) is 20.6. The molecule has 14 nitrogen and oxygen atoms in total. The molecule has 0 bridgehead atoms. The van der Waals surface area contributed by atoms with Gasteiger partial charge in [-0.15, -0.1) is 0 Å². The van der Waals surface area contributed by atoms with E-state index < -0.39 is 29.6 Å². The lowest BCUT2D eigenvalue weighted by Gasteiger charge is -2.63. The number of aliphatic carboxylic acids is 1. The van der Waals surface area contributed by atoms with Gasteiger partial charge in [-0.1, -0.05) is 27.7 Å². The van der Waals surface area contributed by atoms with Crippen molar-refractivity contribution in [1.29, 1.82) is 5.26 Å². The van der Waals surface area contributed by atoms with E-state index in [2.05, 4.69) is 59.1 Å². The Balaban J connectivity index is 0.937. The molecule has 60 heavy (non-hydrogen) atoms. The minimum atomic E-state index is -1.36. The number of piperazine rings is 1. The van der Waals surface area contributed by atoms with Gasteiger partial charge in [-0.2, -0.15) is 5.26 Å². The Hall–Kier alpha value is -5.88. The number of carboxylic acid groups (broad SMARTS) is 1. The van der Waals surface area contributed by atoms with E-state index in [9.17, 15) is 29.5 Å². The summed E-state index contributed by atoms with van der Waals surface area (Å²) in [5, 5.41) is 24.3. The molecule has 0 aromatic heterocycles. The van der Waals surface area contributed by atoms with Gasteiger partial charge in [0.25, 0.3) is 11.8 Å². The Bertz CT molecular complexity index is 2090. The molecule has 15 heteroatoms. The molecule has 0 spiro atoms. The van der Waals surface area contributed by atoms with Gasteiger partial charge in [0.2, 0.25) is 5.91 Å². The number of rotatable bonds is 15. The number of piperidine rings is 1. The van der Waals surface area contributed by atoms with E-state index in [1.54, 1.807) is 24.3 Å². The average Bonchev–Trinajstić information content (AvgIpc) is 3.23. The number of nitrogens with zero attached hydrogens (tertiary/aromatic N) is 4. The predicted octanol–water partition coefficient (Wildman–Crippen LogP) is 4.81. The number of primary amides is 1. The van der Waals surface area contributed by atoms with Gasteiger partial charge in [-0.25, -0.2) is 9.18 Å². The monoisotopic (exact) mass is 825 g/mol. The predicted molar refractivity (Wildman–Crippen MR) is 225 cm³/mol. The number of hydrogen-bond acceptors (Lipinski definition) is 10. The minimum absolute atomic E-state index is 0.125. The number of hydrogen-bond donors (Lipinski definition) is 4. The number of methoxy groups -OCH3 is 1. The van der Waals surface area contributed by atoms with Crippen LogP contribution in [0, 0.1) is 33.9 Å². The molecule has 0 unspecified atom stereocenters. The molecule has 320 valence electrons. The third-order valence-electron chi connectivity index (χ3n) is 12.5. The fourth-order valence-corrected chi connectivity index (χ4v) is 9.40. The second-order valence-corrected chi connectivity index (χ2v) is 17.3. The topological polar surface area (TPSA) is 191 Å². The lowest BCUT2D eigenvalue weighted by atomic mass is 9.49. The zero-order valence-corrected chi connectivity index (χ0v) is 35.0. The molecule has 3 fully saturated rings. The summed E-state index contributed by atoms with van der Waals surface area (Å²) in [6.07, 6.45) is 1.50. The molecule has 5 N–H and O–H groups in total. The molecular weight excluding hydrogens is 770 g/mol. The molecular formula is C45H56FN7O7. The first-order chi connectivity index (χ1) is 28.5. The van der Waals surface area contributed by atoms with E-state index in [0.29, 0.717) is 47.3 Å². The zero-order chi connectivity index (χ0) is 43.4. The van der Waals surface area contributed by atoms with E-state index in [4.69, 9.17) is 15.2 Å². The van der Waals surface area contributed by atoms with Crippen molar-refractivity contribution in [1.82, 2.24) is 15.5 Å². The lowest BCUT2D eigenvalue weighted by molar-refractivity contribution is -0.164. The Morgan fingerprint density at radius 3 is 2.12 bits per heavy atom. The van der Waals surface area contributed by atoms with Crippen molar-refractivity contribution < 1.29 is 38.1 Å². The van der Waals surface area contributed by atoms with Crippen LogP contribution in [0.15, 0.2) is 60.7 Å². The van der Waals surface area contributed by atoms with Gasteiger partial charge in [0.1, 0.15) is 35.5 Å². The van der Waals surface area contributed by atoms with Gasteiger partial charge in [-0.05, 0) is 79.8 Å². The Kier molecular flexibility index (Phi) is 13.2. The molecule has 3 aliphatic rings. The highest BCUT2D eigenvalue weighted by Crippen LogP contribution is 2.55. The lowest BCUT2D eigenvalue weighted by Crippen LogP contribution is -2.74. The number of anilines is 2. The summed E-state index contributed by atoms with van der Waals surface area (Å²) in [7, 11) is 1.53. The summed E-state index contributed by atoms with van der Waals surface area (Å²) in [5.41, 5.74) is 6.90. The van der Waals surface area contributed by atoms with Crippen molar-refractivity contribution in [3.63, 3.8) is 0 Å². The van der Waals surface area contributed by atoms with Crippen LogP contribution >= 0.6 is 0 Å². The van der Waals surface area contributed by atoms with Crippen LogP contribution in [0.4, 0.5) is 15.8 Å². The molecule has 6 rings (SSSR count). The third-order valence-corrected chi connectivity index (χ3v) is 12.5. The van der Waals surface area contributed by atoms with Crippen LogP contribution in [0.3, 0.4) is 0 Å². The SMILES string of the molecule is COc1cc(OC2C(C)(C)C(NC(=O)c3ccc(N4CCC(CN5CCN(c6ccc(C(=O)N[C@@H](CCC(N)=O)C(=O)O)c(F)c6)CC5)CC4)cc3)C2(C)C)ccc1C#N. The first-order valence-corrected chi connectivity index (χ1v) is 20.5. The van der Waals surface area contributed by atoms with Gasteiger partial charge >= 0.3 is 5.97 Å². The van der Waals surface area contributed by atoms with Crippen LogP contribution in [0.1, 0.15) is 79.7 Å². The fourth-order valence-electron chi connectivity index (χ4n) is 9.40. The summed E-state index contributed by atoms with van der Waals surface area (Å²) < 4.78 is 26.9. The number of carboxylic acids is 1. The highest BCUT2D eigenvalue weighted by Gasteiger charge is 2.64. The van der Waals surface area contributed by atoms with Crippen LogP contribution in [0.25, 0.3) is 0 Å². The van der Waals surface area contributed by atoms with E-state index in [1.807, 2.05) is 24.3 Å². The van der Waals surface area contributed by atoms with Crippen molar-refractivity contribution in [2.75, 3.05) is 62.7 Å². The van der Waals surface area contributed by atoms with E-state index in [0.717, 1.165) is 51.3 Å². The van der Waals surface area contributed by atoms with Gasteiger partial charge in [-0.3, -0.25) is 19.3 Å². The van der Waals surface area contributed by atoms with Crippen LogP contribution in [0.5, 0.6) is 11.5 Å². The zero-order valence-electron chi connectivity index (χ0n) is 35.0. The van der Waals surface area contributed by atoms with Crippen LogP contribution in [-0.4, -0.2) is 105 Å². The van der Waals surface area contributed by atoms with E-state index in [-0.39, 0.29) is 47.3 Å². The van der Waals surface area contributed by atoms with Crippen LogP contribution in [-0.2, 0) is 9.59 Å². The highest BCUT2D eigenvalue weighted by atomic mass is 19.1. The Labute approximate surface area is 350 Å². The van der Waals surface area contributed by atoms with Crippen LogP contribution in [0.2, 0.25) is 0 Å². The molecule has 3 aromatic carbocycles. The molecule has 2 saturated heterocycles. The second-order valence-electron chi connectivity index (χ2n) is 17.3. The van der Waals surface area contributed by atoms with Crippen molar-refractivity contribution in [3.05, 3.63) is 83.2 Å². The molecule has 1 atom stereocenters. The first kappa shape index (κ1) is 43.7. The molecule has 2 aliphatic heterocycles. The summed E-state index contributed by atoms with van der Waals surface area (Å²) in [5.74, 6) is -2.14. The number of carbonyl (C=O) groups is 4.